The molecule has 0 heterocycles. The van der Waals surface area contributed by atoms with Gasteiger partial charge in [0, 0.05) is 10.0 Å². The van der Waals surface area contributed by atoms with Crippen LogP contribution in [0.3, 0.4) is 0 Å². The predicted molar refractivity (Wildman–Crippen MR) is 81.7 cm³/mol. The van der Waals surface area contributed by atoms with Crippen molar-refractivity contribution in [3.8, 4) is 0 Å². The normalized spacial score (nSPS) is 13.8. The number of rotatable bonds is 4. The second-order valence-corrected chi connectivity index (χ2v) is 5.52. The van der Waals surface area contributed by atoms with E-state index in [0.29, 0.717) is 15.6 Å². The molecule has 0 spiro atoms. The van der Waals surface area contributed by atoms with Gasteiger partial charge in [0.25, 0.3) is 0 Å². The van der Waals surface area contributed by atoms with Gasteiger partial charge in [-0.15, -0.1) is 0 Å². The minimum absolute atomic E-state index is 0.188. The molecule has 2 aromatic rings. The molecule has 0 bridgehead atoms. The molecule has 0 radical (unpaired) electrons. The molecule has 0 amide bonds. The monoisotopic (exact) mass is 308 g/mol. The highest BCUT2D eigenvalue weighted by molar-refractivity contribution is 6.35. The number of aliphatic carboxylic acids is 1. The van der Waals surface area contributed by atoms with Crippen molar-refractivity contribution in [2.24, 2.45) is 0 Å². The second kappa shape index (κ2) is 6.29. The number of halogens is 2. The summed E-state index contributed by atoms with van der Waals surface area (Å²) in [6.07, 6.45) is 0. The average Bonchev–Trinajstić information content (AvgIpc) is 2.42. The van der Waals surface area contributed by atoms with Crippen LogP contribution in [0.15, 0.2) is 48.5 Å². The Labute approximate surface area is 128 Å². The summed E-state index contributed by atoms with van der Waals surface area (Å²) in [5, 5.41) is 10.4. The molecule has 2 rings (SSSR count). The molecule has 0 aliphatic carbocycles. The Morgan fingerprint density at radius 2 is 1.75 bits per heavy atom. The van der Waals surface area contributed by atoms with E-state index in [1.165, 1.54) is 0 Å². The lowest BCUT2D eigenvalue weighted by atomic mass is 9.83. The first kappa shape index (κ1) is 14.9. The maximum atomic E-state index is 11.7. The second-order valence-electron chi connectivity index (χ2n) is 4.68. The molecule has 0 aliphatic rings. The van der Waals surface area contributed by atoms with E-state index in [4.69, 9.17) is 23.2 Å². The van der Waals surface area contributed by atoms with Crippen molar-refractivity contribution in [3.63, 3.8) is 0 Å². The van der Waals surface area contributed by atoms with Crippen LogP contribution in [-0.4, -0.2) is 11.1 Å². The Bertz CT molecular complexity index is 611. The van der Waals surface area contributed by atoms with Crippen LogP contribution < -0.4 is 0 Å². The fourth-order valence-corrected chi connectivity index (χ4v) is 2.85. The Balaban J connectivity index is 2.44. The van der Waals surface area contributed by atoms with Gasteiger partial charge in [0.05, 0.1) is 5.92 Å². The number of carboxylic acids is 1. The van der Waals surface area contributed by atoms with Crippen molar-refractivity contribution < 1.29 is 9.90 Å². The third kappa shape index (κ3) is 3.14. The smallest absolute Gasteiger partial charge is 0.311 e. The largest absolute Gasteiger partial charge is 0.481 e. The molecule has 1 N–H and O–H groups in total. The highest BCUT2D eigenvalue weighted by atomic mass is 35.5. The minimum Gasteiger partial charge on any atom is -0.481 e. The van der Waals surface area contributed by atoms with E-state index in [1.807, 2.05) is 37.3 Å². The van der Waals surface area contributed by atoms with Crippen molar-refractivity contribution in [2.45, 2.75) is 18.8 Å². The van der Waals surface area contributed by atoms with E-state index < -0.39 is 11.9 Å². The Morgan fingerprint density at radius 3 is 2.30 bits per heavy atom. The highest BCUT2D eigenvalue weighted by Gasteiger charge is 2.29. The zero-order valence-corrected chi connectivity index (χ0v) is 12.4. The summed E-state index contributed by atoms with van der Waals surface area (Å²) in [6.45, 7) is 1.89. The highest BCUT2D eigenvalue weighted by Crippen LogP contribution is 2.37. The van der Waals surface area contributed by atoms with Gasteiger partial charge in [-0.2, -0.15) is 0 Å². The summed E-state index contributed by atoms with van der Waals surface area (Å²) < 4.78 is 0. The molecule has 20 heavy (non-hydrogen) atoms. The average molecular weight is 309 g/mol. The summed E-state index contributed by atoms with van der Waals surface area (Å²) in [7, 11) is 0. The first-order valence-corrected chi connectivity index (χ1v) is 6.99. The summed E-state index contributed by atoms with van der Waals surface area (Å²) in [4.78, 5) is 11.7. The molecule has 2 aromatic carbocycles. The zero-order chi connectivity index (χ0) is 14.7. The summed E-state index contributed by atoms with van der Waals surface area (Å²) in [5.41, 5.74) is 1.55. The lowest BCUT2D eigenvalue weighted by Gasteiger charge is -2.22. The predicted octanol–water partition coefficient (Wildman–Crippen LogP) is 4.97. The van der Waals surface area contributed by atoms with Crippen LogP contribution in [0.4, 0.5) is 0 Å². The van der Waals surface area contributed by atoms with Crippen molar-refractivity contribution >= 4 is 29.2 Å². The Hall–Kier alpha value is -1.51. The number of carbonyl (C=O) groups is 1. The minimum atomic E-state index is -0.898. The molecule has 4 heteroatoms. The molecule has 0 saturated heterocycles. The molecular weight excluding hydrogens is 295 g/mol. The van der Waals surface area contributed by atoms with Gasteiger partial charge in [0.1, 0.15) is 0 Å². The Morgan fingerprint density at radius 1 is 1.10 bits per heavy atom. The van der Waals surface area contributed by atoms with Crippen molar-refractivity contribution in [1.82, 2.24) is 0 Å². The number of benzene rings is 2. The van der Waals surface area contributed by atoms with Crippen LogP contribution in [0, 0.1) is 0 Å². The first-order chi connectivity index (χ1) is 9.50. The van der Waals surface area contributed by atoms with E-state index in [1.54, 1.807) is 18.2 Å². The van der Waals surface area contributed by atoms with Crippen LogP contribution in [0.2, 0.25) is 10.0 Å². The lowest BCUT2D eigenvalue weighted by Crippen LogP contribution is -2.18. The maximum Gasteiger partial charge on any atom is 0.311 e. The number of hydrogen-bond acceptors (Lipinski definition) is 1. The van der Waals surface area contributed by atoms with Crippen LogP contribution >= 0.6 is 23.2 Å². The molecule has 2 nitrogen and oxygen atoms in total. The standard InChI is InChI=1S/C16H14Cl2O2/c1-10(11-5-3-2-4-6-11)15(16(19)20)13-8-7-12(17)9-14(13)18/h2-10,15H,1H3,(H,19,20). The van der Waals surface area contributed by atoms with E-state index >= 15 is 0 Å². The van der Waals surface area contributed by atoms with Crippen LogP contribution in [0.5, 0.6) is 0 Å². The fourth-order valence-electron chi connectivity index (χ4n) is 2.32. The third-order valence-electron chi connectivity index (χ3n) is 3.39. The first-order valence-electron chi connectivity index (χ1n) is 6.23. The van der Waals surface area contributed by atoms with Gasteiger partial charge >= 0.3 is 5.97 Å². The Kier molecular flexibility index (Phi) is 4.69. The summed E-state index contributed by atoms with van der Waals surface area (Å²) in [5.74, 6) is -1.79. The van der Waals surface area contributed by atoms with Gasteiger partial charge in [-0.1, -0.05) is 66.5 Å². The molecule has 0 fully saturated rings. The van der Waals surface area contributed by atoms with Crippen molar-refractivity contribution in [2.75, 3.05) is 0 Å². The number of hydrogen-bond donors (Lipinski definition) is 1. The SMILES string of the molecule is CC(c1ccccc1)C(C(=O)O)c1ccc(Cl)cc1Cl. The molecule has 104 valence electrons. The number of carboxylic acid groups (broad SMARTS) is 1. The molecular formula is C16H14Cl2O2. The van der Waals surface area contributed by atoms with E-state index in [9.17, 15) is 9.90 Å². The molecule has 0 aromatic heterocycles. The molecule has 0 saturated carbocycles. The molecule has 0 aliphatic heterocycles. The van der Waals surface area contributed by atoms with Crippen LogP contribution in [0.25, 0.3) is 0 Å². The summed E-state index contributed by atoms with van der Waals surface area (Å²) in [6, 6.07) is 14.5. The maximum absolute atomic E-state index is 11.7. The zero-order valence-electron chi connectivity index (χ0n) is 10.9. The molecule has 2 unspecified atom stereocenters. The fraction of sp³-hybridized carbons (Fsp3) is 0.188. The van der Waals surface area contributed by atoms with Crippen molar-refractivity contribution in [1.29, 1.82) is 0 Å². The quantitative estimate of drug-likeness (QED) is 0.866. The van der Waals surface area contributed by atoms with Gasteiger partial charge in [-0.05, 0) is 29.2 Å². The van der Waals surface area contributed by atoms with E-state index in [0.717, 1.165) is 5.56 Å². The topological polar surface area (TPSA) is 37.3 Å². The van der Waals surface area contributed by atoms with Gasteiger partial charge in [0.2, 0.25) is 0 Å². The van der Waals surface area contributed by atoms with Gasteiger partial charge in [-0.25, -0.2) is 0 Å². The lowest BCUT2D eigenvalue weighted by molar-refractivity contribution is -0.139. The van der Waals surface area contributed by atoms with Gasteiger partial charge < -0.3 is 5.11 Å². The van der Waals surface area contributed by atoms with Gasteiger partial charge in [-0.3, -0.25) is 4.79 Å². The van der Waals surface area contributed by atoms with Crippen LogP contribution in [-0.2, 0) is 4.79 Å². The van der Waals surface area contributed by atoms with E-state index in [2.05, 4.69) is 0 Å². The third-order valence-corrected chi connectivity index (χ3v) is 3.95. The van der Waals surface area contributed by atoms with E-state index in [-0.39, 0.29) is 5.92 Å². The van der Waals surface area contributed by atoms with Crippen LogP contribution in [0.1, 0.15) is 29.9 Å². The van der Waals surface area contributed by atoms with Gasteiger partial charge in [0.15, 0.2) is 0 Å². The van der Waals surface area contributed by atoms with Crippen molar-refractivity contribution in [3.05, 3.63) is 69.7 Å². The summed E-state index contributed by atoms with van der Waals surface area (Å²) >= 11 is 12.0. The molecule has 2 atom stereocenters.